The number of hydrogen-bond donors (Lipinski definition) is 0. The van der Waals surface area contributed by atoms with Crippen LogP contribution < -0.4 is 14.4 Å². The van der Waals surface area contributed by atoms with Gasteiger partial charge in [0.25, 0.3) is 0 Å². The molecular weight excluding hydrogens is 454 g/mol. The standard InChI is InChI=1S/C34H23NO2/c1-3-10-24(11-4-1)25-20-22-28(23-21-25)35(27-14-5-2-6-15-27)29-16-9-19-32-34(29)37-31-18-8-13-26-12-7-17-30(36-32)33(26)31/h1-23H. The van der Waals surface area contributed by atoms with E-state index in [0.29, 0.717) is 11.5 Å². The number of anilines is 3. The highest BCUT2D eigenvalue weighted by atomic mass is 16.5. The van der Waals surface area contributed by atoms with Crippen LogP contribution in [0.5, 0.6) is 23.0 Å². The van der Waals surface area contributed by atoms with Crippen LogP contribution in [0.15, 0.2) is 140 Å². The summed E-state index contributed by atoms with van der Waals surface area (Å²) in [5.74, 6) is 2.94. The van der Waals surface area contributed by atoms with Crippen molar-refractivity contribution < 1.29 is 9.47 Å². The summed E-state index contributed by atoms with van der Waals surface area (Å²) in [6, 6.07) is 47.7. The number of para-hydroxylation sites is 2. The topological polar surface area (TPSA) is 21.7 Å². The Hall–Kier alpha value is -5.02. The van der Waals surface area contributed by atoms with E-state index in [2.05, 4.69) is 95.9 Å². The van der Waals surface area contributed by atoms with Crippen LogP contribution in [0.25, 0.3) is 21.9 Å². The van der Waals surface area contributed by atoms with Crippen LogP contribution in [0.3, 0.4) is 0 Å². The average Bonchev–Trinajstić information content (AvgIpc) is 3.13. The van der Waals surface area contributed by atoms with E-state index in [9.17, 15) is 0 Å². The number of rotatable bonds is 4. The van der Waals surface area contributed by atoms with Crippen molar-refractivity contribution in [3.63, 3.8) is 0 Å². The molecule has 0 saturated heterocycles. The summed E-state index contributed by atoms with van der Waals surface area (Å²) in [7, 11) is 0. The highest BCUT2D eigenvalue weighted by Gasteiger charge is 2.25. The molecule has 0 bridgehead atoms. The van der Waals surface area contributed by atoms with Crippen molar-refractivity contribution in [1.29, 1.82) is 0 Å². The van der Waals surface area contributed by atoms with Gasteiger partial charge in [-0.1, -0.05) is 91.0 Å². The molecule has 37 heavy (non-hydrogen) atoms. The van der Waals surface area contributed by atoms with Crippen LogP contribution in [0.4, 0.5) is 17.1 Å². The number of nitrogens with zero attached hydrogens (tertiary/aromatic N) is 1. The first kappa shape index (κ1) is 21.3. The van der Waals surface area contributed by atoms with E-state index in [0.717, 1.165) is 39.3 Å². The Morgan fingerprint density at radius 3 is 1.70 bits per heavy atom. The third-order valence-electron chi connectivity index (χ3n) is 6.71. The second-order valence-corrected chi connectivity index (χ2v) is 9.00. The second-order valence-electron chi connectivity index (χ2n) is 9.00. The molecule has 1 heterocycles. The van der Waals surface area contributed by atoms with Gasteiger partial charge in [-0.05, 0) is 65.0 Å². The molecule has 0 radical (unpaired) electrons. The fourth-order valence-corrected chi connectivity index (χ4v) is 4.97. The fourth-order valence-electron chi connectivity index (χ4n) is 4.97. The van der Waals surface area contributed by atoms with E-state index < -0.39 is 0 Å². The predicted molar refractivity (Wildman–Crippen MR) is 151 cm³/mol. The summed E-state index contributed by atoms with van der Waals surface area (Å²) < 4.78 is 13.1. The van der Waals surface area contributed by atoms with E-state index in [1.54, 1.807) is 0 Å². The fraction of sp³-hybridized carbons (Fsp3) is 0. The van der Waals surface area contributed by atoms with E-state index in [-0.39, 0.29) is 0 Å². The summed E-state index contributed by atoms with van der Waals surface area (Å²) in [5, 5.41) is 2.06. The smallest absolute Gasteiger partial charge is 0.193 e. The molecule has 0 spiro atoms. The Kier molecular flexibility index (Phi) is 5.11. The lowest BCUT2D eigenvalue weighted by molar-refractivity contribution is 0.440. The lowest BCUT2D eigenvalue weighted by atomic mass is 10.0. The molecule has 0 aromatic heterocycles. The molecule has 0 unspecified atom stereocenters. The Balaban J connectivity index is 1.39. The molecule has 7 rings (SSSR count). The zero-order valence-corrected chi connectivity index (χ0v) is 20.0. The van der Waals surface area contributed by atoms with E-state index in [4.69, 9.17) is 9.47 Å². The van der Waals surface area contributed by atoms with Gasteiger partial charge in [-0.15, -0.1) is 0 Å². The molecule has 0 amide bonds. The molecule has 0 atom stereocenters. The summed E-state index contributed by atoms with van der Waals surface area (Å²) in [6.07, 6.45) is 0. The quantitative estimate of drug-likeness (QED) is 0.252. The van der Waals surface area contributed by atoms with Crippen LogP contribution in [-0.2, 0) is 0 Å². The van der Waals surface area contributed by atoms with Crippen molar-refractivity contribution in [3.05, 3.63) is 140 Å². The molecule has 0 saturated carbocycles. The summed E-state index contributed by atoms with van der Waals surface area (Å²) in [4.78, 5) is 2.22. The molecule has 6 aromatic rings. The molecule has 0 aliphatic carbocycles. The van der Waals surface area contributed by atoms with Crippen LogP contribution in [0, 0.1) is 0 Å². The second kappa shape index (κ2) is 8.89. The SMILES string of the molecule is c1ccc(-c2ccc(N(c3ccccc3)c3cccc4c3Oc3cccc5cccc(c35)O4)cc2)cc1. The minimum atomic E-state index is 0.683. The van der Waals surface area contributed by atoms with Gasteiger partial charge in [0.05, 0.1) is 11.1 Å². The summed E-state index contributed by atoms with van der Waals surface area (Å²) >= 11 is 0. The normalized spacial score (nSPS) is 11.7. The molecule has 176 valence electrons. The van der Waals surface area contributed by atoms with E-state index >= 15 is 0 Å². The zero-order chi connectivity index (χ0) is 24.6. The number of benzene rings is 6. The first-order chi connectivity index (χ1) is 18.3. The Labute approximate surface area is 215 Å². The summed E-state index contributed by atoms with van der Waals surface area (Å²) in [6.45, 7) is 0. The summed E-state index contributed by atoms with van der Waals surface area (Å²) in [5.41, 5.74) is 5.33. The Morgan fingerprint density at radius 2 is 0.973 bits per heavy atom. The van der Waals surface area contributed by atoms with Crippen molar-refractivity contribution >= 4 is 27.8 Å². The van der Waals surface area contributed by atoms with Gasteiger partial charge in [0.15, 0.2) is 11.5 Å². The van der Waals surface area contributed by atoms with Crippen molar-refractivity contribution in [3.8, 4) is 34.1 Å². The molecule has 6 aromatic carbocycles. The Bertz CT molecular complexity index is 1710. The minimum Gasteiger partial charge on any atom is -0.453 e. The van der Waals surface area contributed by atoms with E-state index in [1.165, 1.54) is 11.1 Å². The third-order valence-corrected chi connectivity index (χ3v) is 6.71. The van der Waals surface area contributed by atoms with Crippen LogP contribution in [-0.4, -0.2) is 0 Å². The zero-order valence-electron chi connectivity index (χ0n) is 20.0. The van der Waals surface area contributed by atoms with Gasteiger partial charge in [0.2, 0.25) is 0 Å². The van der Waals surface area contributed by atoms with Crippen LogP contribution >= 0.6 is 0 Å². The van der Waals surface area contributed by atoms with Gasteiger partial charge in [-0.3, -0.25) is 0 Å². The number of hydrogen-bond acceptors (Lipinski definition) is 3. The van der Waals surface area contributed by atoms with Crippen molar-refractivity contribution in [1.82, 2.24) is 0 Å². The van der Waals surface area contributed by atoms with Gasteiger partial charge < -0.3 is 14.4 Å². The van der Waals surface area contributed by atoms with Crippen molar-refractivity contribution in [2.45, 2.75) is 0 Å². The van der Waals surface area contributed by atoms with Crippen molar-refractivity contribution in [2.75, 3.05) is 4.90 Å². The lowest BCUT2D eigenvalue weighted by Gasteiger charge is -2.27. The number of fused-ring (bicyclic) bond motifs is 1. The maximum Gasteiger partial charge on any atom is 0.193 e. The monoisotopic (exact) mass is 477 g/mol. The highest BCUT2D eigenvalue weighted by molar-refractivity contribution is 5.95. The molecule has 0 fully saturated rings. The Morgan fingerprint density at radius 1 is 0.405 bits per heavy atom. The lowest BCUT2D eigenvalue weighted by Crippen LogP contribution is -2.11. The molecule has 3 heteroatoms. The maximum absolute atomic E-state index is 6.66. The molecule has 1 aliphatic rings. The highest BCUT2D eigenvalue weighted by Crippen LogP contribution is 2.51. The largest absolute Gasteiger partial charge is 0.453 e. The van der Waals surface area contributed by atoms with Crippen LogP contribution in [0.2, 0.25) is 0 Å². The van der Waals surface area contributed by atoms with Gasteiger partial charge in [-0.2, -0.15) is 0 Å². The molecule has 3 nitrogen and oxygen atoms in total. The average molecular weight is 478 g/mol. The van der Waals surface area contributed by atoms with Crippen molar-refractivity contribution in [2.24, 2.45) is 0 Å². The van der Waals surface area contributed by atoms with Gasteiger partial charge >= 0.3 is 0 Å². The molecule has 0 N–H and O–H groups in total. The first-order valence-electron chi connectivity index (χ1n) is 12.4. The predicted octanol–water partition coefficient (Wildman–Crippen LogP) is 9.87. The molecule has 1 aliphatic heterocycles. The van der Waals surface area contributed by atoms with Gasteiger partial charge in [0, 0.05) is 11.4 Å². The van der Waals surface area contributed by atoms with Gasteiger partial charge in [-0.25, -0.2) is 0 Å². The van der Waals surface area contributed by atoms with Gasteiger partial charge in [0.1, 0.15) is 11.5 Å². The minimum absolute atomic E-state index is 0.683. The first-order valence-corrected chi connectivity index (χ1v) is 12.4. The third kappa shape index (κ3) is 3.78. The van der Waals surface area contributed by atoms with Crippen LogP contribution in [0.1, 0.15) is 0 Å². The number of ether oxygens (including phenoxy) is 2. The molecular formula is C34H23NO2. The van der Waals surface area contributed by atoms with E-state index in [1.807, 2.05) is 48.5 Å². The maximum atomic E-state index is 6.66.